The lowest BCUT2D eigenvalue weighted by molar-refractivity contribution is 0.103. The first-order chi connectivity index (χ1) is 12.1. The number of carbonyl (C=O) groups is 1. The van der Waals surface area contributed by atoms with E-state index in [1.165, 1.54) is 23.5 Å². The zero-order chi connectivity index (χ0) is 17.8. The monoisotopic (exact) mass is 351 g/mol. The molecule has 1 heterocycles. The number of rotatable bonds is 4. The van der Waals surface area contributed by atoms with Crippen molar-refractivity contribution in [1.29, 1.82) is 5.26 Å². The van der Waals surface area contributed by atoms with E-state index >= 15 is 0 Å². The number of hydrogen-bond donors (Lipinski definition) is 1. The minimum atomic E-state index is -0.611. The highest BCUT2D eigenvalue weighted by Crippen LogP contribution is 2.23. The van der Waals surface area contributed by atoms with Gasteiger partial charge in [-0.05, 0) is 30.7 Å². The Labute approximate surface area is 148 Å². The van der Waals surface area contributed by atoms with Crippen molar-refractivity contribution >= 4 is 22.9 Å². The molecule has 1 N–H and O–H groups in total. The number of halogens is 1. The molecular formula is C19H14FN3OS. The lowest BCUT2D eigenvalue weighted by Gasteiger charge is -2.04. The number of carbonyl (C=O) groups excluding carboxylic acids is 1. The van der Waals surface area contributed by atoms with E-state index in [1.54, 1.807) is 13.0 Å². The molecular weight excluding hydrogens is 337 g/mol. The summed E-state index contributed by atoms with van der Waals surface area (Å²) in [7, 11) is 0. The van der Waals surface area contributed by atoms with Crippen LogP contribution in [0.2, 0.25) is 0 Å². The maximum atomic E-state index is 13.4. The molecule has 1 amide bonds. The van der Waals surface area contributed by atoms with Gasteiger partial charge in [-0.1, -0.05) is 30.3 Å². The molecule has 4 nitrogen and oxygen atoms in total. The SMILES string of the molecule is Cc1nc(Cc2ccccc2)sc1C(=O)Nc1ccc(F)c(C#N)c1. The minimum absolute atomic E-state index is 0.108. The third kappa shape index (κ3) is 3.90. The van der Waals surface area contributed by atoms with Crippen molar-refractivity contribution < 1.29 is 9.18 Å². The van der Waals surface area contributed by atoms with Gasteiger partial charge in [-0.25, -0.2) is 9.37 Å². The maximum Gasteiger partial charge on any atom is 0.267 e. The van der Waals surface area contributed by atoms with Crippen LogP contribution < -0.4 is 5.32 Å². The molecule has 2 aromatic carbocycles. The van der Waals surface area contributed by atoms with Gasteiger partial charge in [0.15, 0.2) is 0 Å². The first-order valence-electron chi connectivity index (χ1n) is 7.58. The Morgan fingerprint density at radius 3 is 2.76 bits per heavy atom. The van der Waals surface area contributed by atoms with E-state index in [0.29, 0.717) is 22.7 Å². The Morgan fingerprint density at radius 1 is 1.28 bits per heavy atom. The van der Waals surface area contributed by atoms with E-state index in [2.05, 4.69) is 10.3 Å². The molecule has 0 unspecified atom stereocenters. The molecule has 1 aromatic heterocycles. The molecule has 0 fully saturated rings. The fourth-order valence-electron chi connectivity index (χ4n) is 2.39. The first kappa shape index (κ1) is 16.8. The third-order valence-electron chi connectivity index (χ3n) is 3.59. The summed E-state index contributed by atoms with van der Waals surface area (Å²) >= 11 is 1.33. The maximum absolute atomic E-state index is 13.4. The molecule has 0 bridgehead atoms. The van der Waals surface area contributed by atoms with Gasteiger partial charge in [0, 0.05) is 12.1 Å². The van der Waals surface area contributed by atoms with Gasteiger partial charge in [-0.2, -0.15) is 5.26 Å². The van der Waals surface area contributed by atoms with E-state index < -0.39 is 5.82 Å². The topological polar surface area (TPSA) is 65.8 Å². The lowest BCUT2D eigenvalue weighted by Crippen LogP contribution is -2.11. The zero-order valence-corrected chi connectivity index (χ0v) is 14.2. The predicted octanol–water partition coefficient (Wildman–Crippen LogP) is 4.31. The summed E-state index contributed by atoms with van der Waals surface area (Å²) in [5, 5.41) is 12.4. The predicted molar refractivity (Wildman–Crippen MR) is 95.2 cm³/mol. The number of amides is 1. The number of hydrogen-bond acceptors (Lipinski definition) is 4. The second-order valence-electron chi connectivity index (χ2n) is 5.45. The Balaban J connectivity index is 1.78. The summed E-state index contributed by atoms with van der Waals surface area (Å²) in [5.41, 5.74) is 2.04. The van der Waals surface area contributed by atoms with Crippen LogP contribution in [0.5, 0.6) is 0 Å². The van der Waals surface area contributed by atoms with Gasteiger partial charge in [0.25, 0.3) is 5.91 Å². The lowest BCUT2D eigenvalue weighted by atomic mass is 10.2. The molecule has 6 heteroatoms. The average Bonchev–Trinajstić information content (AvgIpc) is 2.98. The summed E-state index contributed by atoms with van der Waals surface area (Å²) in [6.07, 6.45) is 0.661. The highest BCUT2D eigenvalue weighted by atomic mass is 32.1. The Kier molecular flexibility index (Phi) is 4.87. The van der Waals surface area contributed by atoms with Crippen LogP contribution >= 0.6 is 11.3 Å². The molecule has 0 aliphatic carbocycles. The number of aryl methyl sites for hydroxylation is 1. The van der Waals surface area contributed by atoms with Crippen molar-refractivity contribution in [2.45, 2.75) is 13.3 Å². The summed E-state index contributed by atoms with van der Waals surface area (Å²) in [5.74, 6) is -0.926. The minimum Gasteiger partial charge on any atom is -0.321 e. The molecule has 0 radical (unpaired) electrons. The van der Waals surface area contributed by atoms with Crippen LogP contribution in [0.25, 0.3) is 0 Å². The fraction of sp³-hybridized carbons (Fsp3) is 0.105. The van der Waals surface area contributed by atoms with Crippen LogP contribution in [0.4, 0.5) is 10.1 Å². The number of nitrogens with zero attached hydrogens (tertiary/aromatic N) is 2. The molecule has 25 heavy (non-hydrogen) atoms. The van der Waals surface area contributed by atoms with E-state index in [4.69, 9.17) is 5.26 Å². The van der Waals surface area contributed by atoms with E-state index in [-0.39, 0.29) is 11.5 Å². The zero-order valence-electron chi connectivity index (χ0n) is 13.4. The van der Waals surface area contributed by atoms with E-state index in [0.717, 1.165) is 16.6 Å². The first-order valence-corrected chi connectivity index (χ1v) is 8.39. The molecule has 0 aliphatic rings. The summed E-state index contributed by atoms with van der Waals surface area (Å²) in [6, 6.07) is 15.6. The molecule has 3 rings (SSSR count). The van der Waals surface area contributed by atoms with Gasteiger partial charge in [0.2, 0.25) is 0 Å². The number of benzene rings is 2. The standard InChI is InChI=1S/C19H14FN3OS/c1-12-18(25-17(22-12)9-13-5-3-2-4-6-13)19(24)23-15-7-8-16(20)14(10-15)11-21/h2-8,10H,9H2,1H3,(H,23,24). The highest BCUT2D eigenvalue weighted by Gasteiger charge is 2.16. The second kappa shape index (κ2) is 7.24. The Morgan fingerprint density at radius 2 is 2.04 bits per heavy atom. The number of thiazole rings is 1. The van der Waals surface area contributed by atoms with Crippen LogP contribution in [0.1, 0.15) is 31.5 Å². The van der Waals surface area contributed by atoms with Crippen LogP contribution in [0.3, 0.4) is 0 Å². The number of anilines is 1. The molecule has 0 aliphatic heterocycles. The van der Waals surface area contributed by atoms with Gasteiger partial charge in [-0.3, -0.25) is 4.79 Å². The van der Waals surface area contributed by atoms with Crippen LogP contribution in [-0.4, -0.2) is 10.9 Å². The average molecular weight is 351 g/mol. The van der Waals surface area contributed by atoms with Crippen molar-refractivity contribution in [1.82, 2.24) is 4.98 Å². The van der Waals surface area contributed by atoms with Crippen molar-refractivity contribution in [3.63, 3.8) is 0 Å². The van der Waals surface area contributed by atoms with Crippen LogP contribution in [-0.2, 0) is 6.42 Å². The number of nitrogens with one attached hydrogen (secondary N) is 1. The van der Waals surface area contributed by atoms with Crippen molar-refractivity contribution in [3.8, 4) is 6.07 Å². The third-order valence-corrected chi connectivity index (χ3v) is 4.75. The summed E-state index contributed by atoms with van der Waals surface area (Å²) < 4.78 is 13.4. The van der Waals surface area contributed by atoms with Crippen LogP contribution in [0.15, 0.2) is 48.5 Å². The van der Waals surface area contributed by atoms with Gasteiger partial charge in [0.05, 0.1) is 16.3 Å². The molecule has 3 aromatic rings. The quantitative estimate of drug-likeness (QED) is 0.762. The van der Waals surface area contributed by atoms with Gasteiger partial charge < -0.3 is 5.32 Å². The molecule has 0 spiro atoms. The van der Waals surface area contributed by atoms with Crippen molar-refractivity contribution in [2.24, 2.45) is 0 Å². The van der Waals surface area contributed by atoms with Gasteiger partial charge >= 0.3 is 0 Å². The molecule has 0 atom stereocenters. The summed E-state index contributed by atoms with van der Waals surface area (Å²) in [4.78, 5) is 17.4. The number of nitriles is 1. The van der Waals surface area contributed by atoms with Gasteiger partial charge in [0.1, 0.15) is 16.8 Å². The fourth-order valence-corrected chi connectivity index (χ4v) is 3.38. The molecule has 124 valence electrons. The smallest absolute Gasteiger partial charge is 0.267 e. The normalized spacial score (nSPS) is 10.3. The van der Waals surface area contributed by atoms with Crippen molar-refractivity contribution in [3.05, 3.63) is 81.1 Å². The Bertz CT molecular complexity index is 961. The second-order valence-corrected chi connectivity index (χ2v) is 6.53. The molecule has 0 saturated carbocycles. The van der Waals surface area contributed by atoms with Crippen LogP contribution in [0, 0.1) is 24.1 Å². The van der Waals surface area contributed by atoms with Crippen molar-refractivity contribution in [2.75, 3.05) is 5.32 Å². The summed E-state index contributed by atoms with van der Waals surface area (Å²) in [6.45, 7) is 1.78. The van der Waals surface area contributed by atoms with E-state index in [1.807, 2.05) is 30.3 Å². The molecule has 0 saturated heterocycles. The van der Waals surface area contributed by atoms with Gasteiger partial charge in [-0.15, -0.1) is 11.3 Å². The highest BCUT2D eigenvalue weighted by molar-refractivity contribution is 7.14. The Hall–Kier alpha value is -3.04. The number of aromatic nitrogens is 1. The largest absolute Gasteiger partial charge is 0.321 e. The van der Waals surface area contributed by atoms with E-state index in [9.17, 15) is 9.18 Å².